The molecule has 22 heavy (non-hydrogen) atoms. The number of aryl methyl sites for hydroxylation is 1. The minimum Gasteiger partial charge on any atom is -0.321 e. The van der Waals surface area contributed by atoms with E-state index in [2.05, 4.69) is 14.9 Å². The molecule has 5 heteroatoms. The zero-order chi connectivity index (χ0) is 15.5. The Morgan fingerprint density at radius 1 is 1.05 bits per heavy atom. The third kappa shape index (κ3) is 2.76. The van der Waals surface area contributed by atoms with Crippen molar-refractivity contribution >= 4 is 23.1 Å². The third-order valence-electron chi connectivity index (χ3n) is 3.59. The van der Waals surface area contributed by atoms with Crippen LogP contribution in [0.3, 0.4) is 0 Å². The molecule has 0 fully saturated rings. The van der Waals surface area contributed by atoms with E-state index in [0.29, 0.717) is 10.6 Å². The van der Waals surface area contributed by atoms with Gasteiger partial charge in [-0.05, 0) is 42.6 Å². The normalized spacial score (nSPS) is 10.5. The highest BCUT2D eigenvalue weighted by atomic mass is 32.1. The molecule has 4 nitrogen and oxygen atoms in total. The zero-order valence-corrected chi connectivity index (χ0v) is 13.1. The molecule has 0 aliphatic rings. The fraction of sp³-hybridized carbons (Fsp3) is 0.118. The van der Waals surface area contributed by atoms with Crippen molar-refractivity contribution < 1.29 is 4.79 Å². The summed E-state index contributed by atoms with van der Waals surface area (Å²) in [5.41, 5.74) is 4.53. The second-order valence-corrected chi connectivity index (χ2v) is 5.77. The smallest absolute Gasteiger partial charge is 0.269 e. The van der Waals surface area contributed by atoms with Gasteiger partial charge in [-0.15, -0.1) is 5.10 Å². The van der Waals surface area contributed by atoms with Crippen molar-refractivity contribution in [3.8, 4) is 11.3 Å². The number of nitrogens with one attached hydrogen (secondary N) is 1. The minimum atomic E-state index is -0.178. The van der Waals surface area contributed by atoms with E-state index in [0.717, 1.165) is 33.9 Å². The van der Waals surface area contributed by atoms with E-state index < -0.39 is 0 Å². The molecule has 1 heterocycles. The first-order valence-electron chi connectivity index (χ1n) is 6.92. The van der Waals surface area contributed by atoms with Crippen LogP contribution < -0.4 is 5.32 Å². The molecule has 0 aliphatic carbocycles. The van der Waals surface area contributed by atoms with Gasteiger partial charge >= 0.3 is 0 Å². The summed E-state index contributed by atoms with van der Waals surface area (Å²) in [6, 6.07) is 15.5. The number of rotatable bonds is 3. The van der Waals surface area contributed by atoms with Crippen molar-refractivity contribution in [1.82, 2.24) is 9.59 Å². The van der Waals surface area contributed by atoms with Crippen LogP contribution in [0.4, 0.5) is 5.69 Å². The van der Waals surface area contributed by atoms with Gasteiger partial charge < -0.3 is 5.32 Å². The number of anilines is 1. The maximum atomic E-state index is 12.6. The predicted molar refractivity (Wildman–Crippen MR) is 89.2 cm³/mol. The van der Waals surface area contributed by atoms with Crippen molar-refractivity contribution in [3.05, 3.63) is 64.5 Å². The summed E-state index contributed by atoms with van der Waals surface area (Å²) in [7, 11) is 0. The Morgan fingerprint density at radius 2 is 1.82 bits per heavy atom. The van der Waals surface area contributed by atoms with E-state index in [1.54, 1.807) is 0 Å². The fourth-order valence-electron chi connectivity index (χ4n) is 2.19. The van der Waals surface area contributed by atoms with Gasteiger partial charge in [0.25, 0.3) is 5.91 Å². The Bertz CT molecular complexity index is 812. The summed E-state index contributed by atoms with van der Waals surface area (Å²) in [5.74, 6) is -0.178. The second-order valence-electron chi connectivity index (χ2n) is 5.02. The number of carbonyl (C=O) groups is 1. The molecule has 0 aliphatic heterocycles. The van der Waals surface area contributed by atoms with Gasteiger partial charge in [0.05, 0.1) is 0 Å². The molecule has 0 bridgehead atoms. The number of aromatic nitrogens is 2. The van der Waals surface area contributed by atoms with E-state index in [1.165, 1.54) is 0 Å². The summed E-state index contributed by atoms with van der Waals surface area (Å²) < 4.78 is 3.93. The van der Waals surface area contributed by atoms with Gasteiger partial charge in [0.15, 0.2) is 0 Å². The van der Waals surface area contributed by atoms with Crippen LogP contribution in [0, 0.1) is 13.8 Å². The molecule has 3 aromatic rings. The lowest BCUT2D eigenvalue weighted by Crippen LogP contribution is -2.12. The van der Waals surface area contributed by atoms with Crippen LogP contribution >= 0.6 is 11.5 Å². The van der Waals surface area contributed by atoms with Gasteiger partial charge in [0.2, 0.25) is 0 Å². The van der Waals surface area contributed by atoms with Gasteiger partial charge in [-0.25, -0.2) is 0 Å². The van der Waals surface area contributed by atoms with Gasteiger partial charge in [0, 0.05) is 11.3 Å². The van der Waals surface area contributed by atoms with Crippen LogP contribution in [-0.2, 0) is 0 Å². The van der Waals surface area contributed by atoms with Gasteiger partial charge in [0.1, 0.15) is 10.6 Å². The average molecular weight is 309 g/mol. The Kier molecular flexibility index (Phi) is 3.98. The molecule has 1 amide bonds. The molecule has 0 spiro atoms. The lowest BCUT2D eigenvalue weighted by atomic mass is 10.1. The van der Waals surface area contributed by atoms with Crippen molar-refractivity contribution in [2.75, 3.05) is 5.32 Å². The number of nitrogens with zero attached hydrogens (tertiary/aromatic N) is 2. The largest absolute Gasteiger partial charge is 0.321 e. The molecule has 110 valence electrons. The second kappa shape index (κ2) is 6.07. The summed E-state index contributed by atoms with van der Waals surface area (Å²) in [6.07, 6.45) is 0. The van der Waals surface area contributed by atoms with Crippen molar-refractivity contribution in [3.63, 3.8) is 0 Å². The van der Waals surface area contributed by atoms with Gasteiger partial charge in [-0.3, -0.25) is 4.79 Å². The zero-order valence-electron chi connectivity index (χ0n) is 12.3. The van der Waals surface area contributed by atoms with Crippen LogP contribution in [0.5, 0.6) is 0 Å². The van der Waals surface area contributed by atoms with E-state index in [1.807, 2.05) is 62.4 Å². The molecule has 1 aromatic heterocycles. The molecular formula is C17H15N3OS. The third-order valence-corrected chi connectivity index (χ3v) is 4.32. The highest BCUT2D eigenvalue weighted by Gasteiger charge is 2.18. The van der Waals surface area contributed by atoms with Crippen LogP contribution in [0.15, 0.2) is 48.5 Å². The molecule has 3 rings (SSSR count). The van der Waals surface area contributed by atoms with Gasteiger partial charge in [-0.2, -0.15) is 0 Å². The summed E-state index contributed by atoms with van der Waals surface area (Å²) in [5, 5.41) is 7.05. The number of benzene rings is 2. The number of hydrogen-bond acceptors (Lipinski definition) is 4. The molecule has 1 N–H and O–H groups in total. The van der Waals surface area contributed by atoms with E-state index >= 15 is 0 Å². The van der Waals surface area contributed by atoms with Crippen LogP contribution in [0.25, 0.3) is 11.3 Å². The fourth-order valence-corrected chi connectivity index (χ4v) is 2.77. The van der Waals surface area contributed by atoms with Crippen molar-refractivity contribution in [2.24, 2.45) is 0 Å². The van der Waals surface area contributed by atoms with E-state index in [-0.39, 0.29) is 5.91 Å². The highest BCUT2D eigenvalue weighted by molar-refractivity contribution is 7.08. The van der Waals surface area contributed by atoms with Gasteiger partial charge in [-0.1, -0.05) is 47.0 Å². The number of carbonyl (C=O) groups excluding carboxylic acids is 1. The first kappa shape index (κ1) is 14.4. The first-order chi connectivity index (χ1) is 10.7. The quantitative estimate of drug-likeness (QED) is 0.793. The molecule has 0 radical (unpaired) electrons. The Labute approximate surface area is 133 Å². The van der Waals surface area contributed by atoms with E-state index in [9.17, 15) is 4.79 Å². The molecule has 0 unspecified atom stereocenters. The molecule has 2 aromatic carbocycles. The van der Waals surface area contributed by atoms with Crippen molar-refractivity contribution in [2.45, 2.75) is 13.8 Å². The number of amides is 1. The minimum absolute atomic E-state index is 0.178. The predicted octanol–water partition coefficient (Wildman–Crippen LogP) is 4.07. The average Bonchev–Trinajstić information content (AvgIpc) is 3.02. The van der Waals surface area contributed by atoms with Crippen LogP contribution in [0.1, 0.15) is 20.8 Å². The summed E-state index contributed by atoms with van der Waals surface area (Å²) in [4.78, 5) is 13.1. The SMILES string of the molecule is Cc1cccc(NC(=O)c2snnc2-c2ccccc2)c1C. The lowest BCUT2D eigenvalue weighted by molar-refractivity contribution is 0.103. The Hall–Kier alpha value is -2.53. The molecule has 0 saturated carbocycles. The monoisotopic (exact) mass is 309 g/mol. The molecule has 0 atom stereocenters. The maximum Gasteiger partial charge on any atom is 0.269 e. The highest BCUT2D eigenvalue weighted by Crippen LogP contribution is 2.25. The van der Waals surface area contributed by atoms with Crippen LogP contribution in [0.2, 0.25) is 0 Å². The van der Waals surface area contributed by atoms with Crippen LogP contribution in [-0.4, -0.2) is 15.5 Å². The molecular weight excluding hydrogens is 294 g/mol. The summed E-state index contributed by atoms with van der Waals surface area (Å²) in [6.45, 7) is 4.02. The lowest BCUT2D eigenvalue weighted by Gasteiger charge is -2.09. The van der Waals surface area contributed by atoms with E-state index in [4.69, 9.17) is 0 Å². The maximum absolute atomic E-state index is 12.6. The Morgan fingerprint density at radius 3 is 2.59 bits per heavy atom. The number of hydrogen-bond donors (Lipinski definition) is 1. The van der Waals surface area contributed by atoms with Crippen molar-refractivity contribution in [1.29, 1.82) is 0 Å². The standard InChI is InChI=1S/C17H15N3OS/c1-11-7-6-10-14(12(11)2)18-17(21)16-15(19-20-22-16)13-8-4-3-5-9-13/h3-10H,1-2H3,(H,18,21). The topological polar surface area (TPSA) is 54.9 Å². The summed E-state index contributed by atoms with van der Waals surface area (Å²) >= 11 is 1.11. The molecule has 0 saturated heterocycles. The Balaban J connectivity index is 1.91. The first-order valence-corrected chi connectivity index (χ1v) is 7.69.